The van der Waals surface area contributed by atoms with Crippen molar-refractivity contribution in [3.8, 4) is 11.5 Å². The summed E-state index contributed by atoms with van der Waals surface area (Å²) in [6.07, 6.45) is 4.87. The van der Waals surface area contributed by atoms with Crippen LogP contribution in [0.3, 0.4) is 0 Å². The van der Waals surface area contributed by atoms with E-state index in [0.29, 0.717) is 5.56 Å². The van der Waals surface area contributed by atoms with E-state index < -0.39 is 28.4 Å². The maximum atomic E-state index is 12.5. The van der Waals surface area contributed by atoms with Crippen molar-refractivity contribution < 1.29 is 31.5 Å². The Labute approximate surface area is 174 Å². The van der Waals surface area contributed by atoms with E-state index in [0.717, 1.165) is 25.9 Å². The average molecular weight is 445 g/mol. The molecule has 1 N–H and O–H groups in total. The summed E-state index contributed by atoms with van der Waals surface area (Å²) >= 11 is 0. The summed E-state index contributed by atoms with van der Waals surface area (Å²) in [6, 6.07) is 3.72. The number of benzene rings is 1. The van der Waals surface area contributed by atoms with Crippen LogP contribution in [0.15, 0.2) is 24.3 Å². The van der Waals surface area contributed by atoms with Crippen LogP contribution in [-0.4, -0.2) is 69.1 Å². The molecule has 2 aliphatic rings. The maximum absolute atomic E-state index is 12.5. The zero-order valence-electron chi connectivity index (χ0n) is 16.7. The summed E-state index contributed by atoms with van der Waals surface area (Å²) in [7, 11) is -3.19. The zero-order valence-corrected chi connectivity index (χ0v) is 17.5. The van der Waals surface area contributed by atoms with Gasteiger partial charge in [0.25, 0.3) is 0 Å². The molecule has 1 aromatic carbocycles. The molecule has 3 rings (SSSR count). The minimum atomic E-state index is -3.19. The van der Waals surface area contributed by atoms with Gasteiger partial charge in [-0.3, -0.25) is 9.69 Å². The normalized spacial score (nSPS) is 23.9. The fourth-order valence-corrected chi connectivity index (χ4v) is 5.84. The maximum Gasteiger partial charge on any atom is 0.387 e. The monoisotopic (exact) mass is 444 g/mol. The van der Waals surface area contributed by atoms with Crippen molar-refractivity contribution in [1.82, 2.24) is 10.2 Å². The van der Waals surface area contributed by atoms with E-state index in [2.05, 4.69) is 15.0 Å². The van der Waals surface area contributed by atoms with Gasteiger partial charge in [0.05, 0.1) is 24.2 Å². The van der Waals surface area contributed by atoms with Crippen LogP contribution in [0.5, 0.6) is 11.5 Å². The van der Waals surface area contributed by atoms with Gasteiger partial charge in [0.15, 0.2) is 21.3 Å². The molecule has 2 fully saturated rings. The van der Waals surface area contributed by atoms with Gasteiger partial charge < -0.3 is 14.8 Å². The second-order valence-corrected chi connectivity index (χ2v) is 9.51. The van der Waals surface area contributed by atoms with E-state index in [1.807, 2.05) is 0 Å². The quantitative estimate of drug-likeness (QED) is 0.618. The van der Waals surface area contributed by atoms with Crippen LogP contribution in [0.1, 0.15) is 25.3 Å². The molecule has 7 nitrogen and oxygen atoms in total. The van der Waals surface area contributed by atoms with Crippen molar-refractivity contribution in [2.75, 3.05) is 31.2 Å². The Morgan fingerprint density at radius 1 is 1.27 bits per heavy atom. The van der Waals surface area contributed by atoms with Crippen molar-refractivity contribution in [2.45, 2.75) is 38.5 Å². The number of ether oxygens (including phenoxy) is 2. The lowest BCUT2D eigenvalue weighted by molar-refractivity contribution is -0.117. The summed E-state index contributed by atoms with van der Waals surface area (Å²) in [6.45, 7) is 0.698. The van der Waals surface area contributed by atoms with Crippen molar-refractivity contribution in [1.29, 1.82) is 0 Å². The highest BCUT2D eigenvalue weighted by atomic mass is 32.2. The first-order valence-corrected chi connectivity index (χ1v) is 11.7. The molecule has 1 amide bonds. The van der Waals surface area contributed by atoms with Crippen molar-refractivity contribution in [3.63, 3.8) is 0 Å². The summed E-state index contributed by atoms with van der Waals surface area (Å²) < 4.78 is 58.9. The molecule has 30 heavy (non-hydrogen) atoms. The van der Waals surface area contributed by atoms with E-state index in [-0.39, 0.29) is 35.7 Å². The number of hydrogen-bond donors (Lipinski definition) is 1. The fourth-order valence-electron chi connectivity index (χ4n) is 3.89. The van der Waals surface area contributed by atoms with Gasteiger partial charge in [-0.05, 0) is 56.6 Å². The number of amides is 1. The molecule has 2 atom stereocenters. The fraction of sp³-hybridized carbons (Fsp3) is 0.550. The Hall–Kier alpha value is -2.20. The van der Waals surface area contributed by atoms with Crippen molar-refractivity contribution in [2.24, 2.45) is 0 Å². The highest BCUT2D eigenvalue weighted by Gasteiger charge is 2.42. The number of nitrogens with zero attached hydrogens (tertiary/aromatic N) is 1. The molecule has 166 valence electrons. The number of rotatable bonds is 8. The van der Waals surface area contributed by atoms with Crippen molar-refractivity contribution in [3.05, 3.63) is 29.8 Å². The van der Waals surface area contributed by atoms with Crippen LogP contribution in [0.4, 0.5) is 8.78 Å². The van der Waals surface area contributed by atoms with Gasteiger partial charge in [-0.1, -0.05) is 6.07 Å². The van der Waals surface area contributed by atoms with Gasteiger partial charge in [0.1, 0.15) is 0 Å². The first-order valence-electron chi connectivity index (χ1n) is 9.92. The zero-order chi connectivity index (χ0) is 21.7. The van der Waals surface area contributed by atoms with Crippen molar-refractivity contribution >= 4 is 21.8 Å². The predicted octanol–water partition coefficient (Wildman–Crippen LogP) is 2.08. The number of hydrogen-bond acceptors (Lipinski definition) is 6. The lowest BCUT2D eigenvalue weighted by Crippen LogP contribution is -2.49. The van der Waals surface area contributed by atoms with Gasteiger partial charge in [0.2, 0.25) is 5.91 Å². The van der Waals surface area contributed by atoms with Crippen LogP contribution >= 0.6 is 0 Å². The Balaban J connectivity index is 1.66. The molecule has 0 aromatic heterocycles. The lowest BCUT2D eigenvalue weighted by atomic mass is 10.1. The van der Waals surface area contributed by atoms with Crippen LogP contribution in [-0.2, 0) is 14.6 Å². The Morgan fingerprint density at radius 2 is 2.00 bits per heavy atom. The smallest absolute Gasteiger partial charge is 0.387 e. The number of alkyl halides is 2. The number of likely N-dealkylation sites (tertiary alicyclic amines) is 1. The van der Waals surface area contributed by atoms with Gasteiger partial charge in [-0.2, -0.15) is 8.78 Å². The van der Waals surface area contributed by atoms with Gasteiger partial charge in [-0.25, -0.2) is 8.42 Å². The SMILES string of the molecule is CCOc1cc(/C=C/C(=O)NC2CS(=O)(=O)CC2N2CCCC2)ccc1OC(F)F. The van der Waals surface area contributed by atoms with Crippen LogP contribution in [0, 0.1) is 0 Å². The second kappa shape index (κ2) is 9.74. The highest BCUT2D eigenvalue weighted by molar-refractivity contribution is 7.91. The van der Waals surface area contributed by atoms with E-state index in [1.165, 1.54) is 30.4 Å². The van der Waals surface area contributed by atoms with E-state index in [4.69, 9.17) is 4.74 Å². The van der Waals surface area contributed by atoms with Crippen LogP contribution in [0.2, 0.25) is 0 Å². The predicted molar refractivity (Wildman–Crippen MR) is 108 cm³/mol. The topological polar surface area (TPSA) is 84.9 Å². The van der Waals surface area contributed by atoms with Crippen LogP contribution in [0.25, 0.3) is 6.08 Å². The molecule has 0 bridgehead atoms. The minimum Gasteiger partial charge on any atom is -0.490 e. The van der Waals surface area contributed by atoms with E-state index in [9.17, 15) is 22.0 Å². The summed E-state index contributed by atoms with van der Waals surface area (Å²) in [5.74, 6) is -0.353. The third-order valence-corrected chi connectivity index (χ3v) is 6.89. The third kappa shape index (κ3) is 5.91. The highest BCUT2D eigenvalue weighted by Crippen LogP contribution is 2.30. The Kier molecular flexibility index (Phi) is 7.30. The second-order valence-electron chi connectivity index (χ2n) is 7.35. The first-order chi connectivity index (χ1) is 14.3. The first kappa shape index (κ1) is 22.5. The molecule has 0 spiro atoms. The minimum absolute atomic E-state index is 0.0605. The number of nitrogens with one attached hydrogen (secondary N) is 1. The summed E-state index contributed by atoms with van der Waals surface area (Å²) in [5, 5.41) is 2.81. The molecule has 10 heteroatoms. The Bertz CT molecular complexity index is 885. The largest absolute Gasteiger partial charge is 0.490 e. The molecule has 0 radical (unpaired) electrons. The summed E-state index contributed by atoms with van der Waals surface area (Å²) in [5.41, 5.74) is 0.561. The number of carbonyl (C=O) groups is 1. The number of sulfone groups is 1. The van der Waals surface area contributed by atoms with Gasteiger partial charge in [0, 0.05) is 12.1 Å². The number of carbonyl (C=O) groups excluding carboxylic acids is 1. The standard InChI is InChI=1S/C20H26F2N2O5S/c1-2-28-18-11-14(5-7-17(18)29-20(21)22)6-8-19(25)23-15-12-30(26,27)13-16(15)24-9-3-4-10-24/h5-8,11,15-16,20H,2-4,9-10,12-13H2,1H3,(H,23,25)/b8-6+. The third-order valence-electron chi connectivity index (χ3n) is 5.17. The number of halogens is 2. The van der Waals surface area contributed by atoms with E-state index in [1.54, 1.807) is 6.92 Å². The van der Waals surface area contributed by atoms with Gasteiger partial charge >= 0.3 is 6.61 Å². The molecule has 2 heterocycles. The summed E-state index contributed by atoms with van der Waals surface area (Å²) in [4.78, 5) is 14.5. The molecule has 0 aliphatic carbocycles. The van der Waals surface area contributed by atoms with Gasteiger partial charge in [-0.15, -0.1) is 0 Å². The molecule has 0 saturated carbocycles. The molecular formula is C20H26F2N2O5S. The molecule has 2 saturated heterocycles. The van der Waals surface area contributed by atoms with E-state index >= 15 is 0 Å². The Morgan fingerprint density at radius 3 is 2.67 bits per heavy atom. The molecule has 2 aliphatic heterocycles. The lowest BCUT2D eigenvalue weighted by Gasteiger charge is -2.28. The molecule has 1 aromatic rings. The van der Waals surface area contributed by atoms with Crippen LogP contribution < -0.4 is 14.8 Å². The molecular weight excluding hydrogens is 418 g/mol. The average Bonchev–Trinajstić information content (AvgIpc) is 3.29. The molecule has 2 unspecified atom stereocenters.